The van der Waals surface area contributed by atoms with Gasteiger partial charge in [0.2, 0.25) is 0 Å². The number of nitrogen functional groups attached to an aromatic ring is 1. The van der Waals surface area contributed by atoms with Crippen molar-refractivity contribution in [1.82, 2.24) is 0 Å². The van der Waals surface area contributed by atoms with Crippen molar-refractivity contribution in [3.8, 4) is 11.5 Å². The highest BCUT2D eigenvalue weighted by atomic mass is 35.5. The van der Waals surface area contributed by atoms with Crippen LogP contribution < -0.4 is 10.5 Å². The molecule has 0 radical (unpaired) electrons. The molecular formula is C13H11Cl2NO. The van der Waals surface area contributed by atoms with Gasteiger partial charge < -0.3 is 10.5 Å². The highest BCUT2D eigenvalue weighted by molar-refractivity contribution is 6.34. The van der Waals surface area contributed by atoms with E-state index in [-0.39, 0.29) is 0 Å². The van der Waals surface area contributed by atoms with E-state index < -0.39 is 0 Å². The van der Waals surface area contributed by atoms with Gasteiger partial charge in [0, 0.05) is 11.1 Å². The number of ether oxygens (including phenoxy) is 1. The van der Waals surface area contributed by atoms with E-state index >= 15 is 0 Å². The normalized spacial score (nSPS) is 10.3. The molecule has 0 atom stereocenters. The van der Waals surface area contributed by atoms with Crippen molar-refractivity contribution >= 4 is 28.9 Å². The molecule has 0 aliphatic rings. The summed E-state index contributed by atoms with van der Waals surface area (Å²) in [6, 6.07) is 10.6. The molecule has 0 fully saturated rings. The SMILES string of the molecule is Cc1cccc(Oc2cc(Cl)ccc2Cl)c1N. The van der Waals surface area contributed by atoms with E-state index in [9.17, 15) is 0 Å². The Kier molecular flexibility index (Phi) is 3.46. The quantitative estimate of drug-likeness (QED) is 0.803. The fourth-order valence-electron chi connectivity index (χ4n) is 1.42. The lowest BCUT2D eigenvalue weighted by Crippen LogP contribution is -1.94. The van der Waals surface area contributed by atoms with Crippen LogP contribution in [0.1, 0.15) is 5.56 Å². The van der Waals surface area contributed by atoms with Crippen molar-refractivity contribution < 1.29 is 4.74 Å². The largest absolute Gasteiger partial charge is 0.454 e. The van der Waals surface area contributed by atoms with Gasteiger partial charge in [0.1, 0.15) is 5.75 Å². The van der Waals surface area contributed by atoms with Gasteiger partial charge in [0.15, 0.2) is 5.75 Å². The van der Waals surface area contributed by atoms with Gasteiger partial charge in [-0.3, -0.25) is 0 Å². The number of halogens is 2. The number of hydrogen-bond donors (Lipinski definition) is 1. The number of benzene rings is 2. The van der Waals surface area contributed by atoms with Crippen LogP contribution in [0.4, 0.5) is 5.69 Å². The summed E-state index contributed by atoms with van der Waals surface area (Å²) in [6.07, 6.45) is 0. The summed E-state index contributed by atoms with van der Waals surface area (Å²) in [5, 5.41) is 1.06. The smallest absolute Gasteiger partial charge is 0.150 e. The van der Waals surface area contributed by atoms with Crippen molar-refractivity contribution in [3.63, 3.8) is 0 Å². The molecule has 0 unspecified atom stereocenters. The van der Waals surface area contributed by atoms with E-state index in [1.54, 1.807) is 24.3 Å². The summed E-state index contributed by atoms with van der Waals surface area (Å²) < 4.78 is 5.66. The maximum Gasteiger partial charge on any atom is 0.150 e. The molecule has 2 aromatic carbocycles. The second-order valence-corrected chi connectivity index (χ2v) is 4.51. The Labute approximate surface area is 110 Å². The predicted octanol–water partition coefficient (Wildman–Crippen LogP) is 4.68. The molecule has 2 N–H and O–H groups in total. The van der Waals surface area contributed by atoms with Crippen molar-refractivity contribution in [2.45, 2.75) is 6.92 Å². The molecular weight excluding hydrogens is 257 g/mol. The molecule has 2 rings (SSSR count). The van der Waals surface area contributed by atoms with Crippen LogP contribution in [0, 0.1) is 6.92 Å². The van der Waals surface area contributed by atoms with Crippen LogP contribution in [0.15, 0.2) is 36.4 Å². The molecule has 0 heterocycles. The van der Waals surface area contributed by atoms with Crippen molar-refractivity contribution in [1.29, 1.82) is 0 Å². The first kappa shape index (κ1) is 12.1. The van der Waals surface area contributed by atoms with Crippen LogP contribution in [0.3, 0.4) is 0 Å². The molecule has 2 nitrogen and oxygen atoms in total. The zero-order valence-electron chi connectivity index (χ0n) is 9.21. The lowest BCUT2D eigenvalue weighted by atomic mass is 10.2. The van der Waals surface area contributed by atoms with Crippen LogP contribution >= 0.6 is 23.2 Å². The number of para-hydroxylation sites is 1. The average Bonchev–Trinajstić information content (AvgIpc) is 2.30. The molecule has 2 aromatic rings. The number of rotatable bonds is 2. The van der Waals surface area contributed by atoms with Gasteiger partial charge in [0.25, 0.3) is 0 Å². The van der Waals surface area contributed by atoms with Crippen LogP contribution in [-0.4, -0.2) is 0 Å². The molecule has 88 valence electrons. The van der Waals surface area contributed by atoms with Gasteiger partial charge >= 0.3 is 0 Å². The fraction of sp³-hybridized carbons (Fsp3) is 0.0769. The minimum Gasteiger partial charge on any atom is -0.454 e. The fourth-order valence-corrected chi connectivity index (χ4v) is 1.73. The van der Waals surface area contributed by atoms with Gasteiger partial charge in [-0.15, -0.1) is 0 Å². The lowest BCUT2D eigenvalue weighted by molar-refractivity contribution is 0.485. The summed E-state index contributed by atoms with van der Waals surface area (Å²) in [7, 11) is 0. The molecule has 0 saturated carbocycles. The maximum absolute atomic E-state index is 6.01. The Morgan fingerprint density at radius 2 is 1.82 bits per heavy atom. The summed E-state index contributed by atoms with van der Waals surface area (Å²) in [4.78, 5) is 0. The highest BCUT2D eigenvalue weighted by Gasteiger charge is 2.07. The Balaban J connectivity index is 2.38. The van der Waals surface area contributed by atoms with Gasteiger partial charge in [-0.25, -0.2) is 0 Å². The van der Waals surface area contributed by atoms with E-state index in [4.69, 9.17) is 33.7 Å². The number of nitrogens with two attached hydrogens (primary N) is 1. The van der Waals surface area contributed by atoms with E-state index in [1.165, 1.54) is 0 Å². The Morgan fingerprint density at radius 1 is 1.06 bits per heavy atom. The molecule has 0 bridgehead atoms. The van der Waals surface area contributed by atoms with E-state index in [2.05, 4.69) is 0 Å². The molecule has 17 heavy (non-hydrogen) atoms. The Bertz CT molecular complexity index is 555. The van der Waals surface area contributed by atoms with Crippen LogP contribution in [0.25, 0.3) is 0 Å². The van der Waals surface area contributed by atoms with Crippen molar-refractivity contribution in [2.24, 2.45) is 0 Å². The lowest BCUT2D eigenvalue weighted by Gasteiger charge is -2.11. The zero-order valence-corrected chi connectivity index (χ0v) is 10.7. The Hall–Kier alpha value is -1.38. The summed E-state index contributed by atoms with van der Waals surface area (Å²) >= 11 is 11.9. The molecule has 0 amide bonds. The first-order chi connectivity index (χ1) is 8.08. The first-order valence-corrected chi connectivity index (χ1v) is 5.81. The van der Waals surface area contributed by atoms with E-state index in [0.717, 1.165) is 5.56 Å². The summed E-state index contributed by atoms with van der Waals surface area (Å²) in [6.45, 7) is 1.92. The topological polar surface area (TPSA) is 35.2 Å². The minimum absolute atomic E-state index is 0.496. The standard InChI is InChI=1S/C13H11Cl2NO/c1-8-3-2-4-11(13(8)16)17-12-7-9(14)5-6-10(12)15/h2-7H,16H2,1H3. The van der Waals surface area contributed by atoms with Crippen LogP contribution in [-0.2, 0) is 0 Å². The molecule has 0 saturated heterocycles. The predicted molar refractivity (Wildman–Crippen MR) is 72.1 cm³/mol. The van der Waals surface area contributed by atoms with Crippen LogP contribution in [0.5, 0.6) is 11.5 Å². The van der Waals surface area contributed by atoms with E-state index in [1.807, 2.05) is 19.1 Å². The first-order valence-electron chi connectivity index (χ1n) is 5.06. The molecule has 0 aliphatic heterocycles. The third kappa shape index (κ3) is 2.65. The second-order valence-electron chi connectivity index (χ2n) is 3.66. The van der Waals surface area contributed by atoms with Crippen molar-refractivity contribution in [2.75, 3.05) is 5.73 Å². The summed E-state index contributed by atoms with van der Waals surface area (Å²) in [5.74, 6) is 1.07. The monoisotopic (exact) mass is 267 g/mol. The average molecular weight is 268 g/mol. The van der Waals surface area contributed by atoms with Gasteiger partial charge in [-0.2, -0.15) is 0 Å². The third-order valence-corrected chi connectivity index (χ3v) is 2.94. The molecule has 0 spiro atoms. The second kappa shape index (κ2) is 4.86. The van der Waals surface area contributed by atoms with Gasteiger partial charge in [-0.05, 0) is 30.7 Å². The van der Waals surface area contributed by atoms with Gasteiger partial charge in [-0.1, -0.05) is 35.3 Å². The highest BCUT2D eigenvalue weighted by Crippen LogP contribution is 2.35. The zero-order chi connectivity index (χ0) is 12.4. The molecule has 0 aliphatic carbocycles. The van der Waals surface area contributed by atoms with Crippen molar-refractivity contribution in [3.05, 3.63) is 52.0 Å². The molecule has 0 aromatic heterocycles. The molecule has 4 heteroatoms. The summed E-state index contributed by atoms with van der Waals surface area (Å²) in [5.41, 5.74) is 7.48. The maximum atomic E-state index is 6.01. The third-order valence-electron chi connectivity index (χ3n) is 2.40. The van der Waals surface area contributed by atoms with Gasteiger partial charge in [0.05, 0.1) is 10.7 Å². The number of anilines is 1. The van der Waals surface area contributed by atoms with Crippen LogP contribution in [0.2, 0.25) is 10.0 Å². The number of aryl methyl sites for hydroxylation is 1. The Morgan fingerprint density at radius 3 is 2.59 bits per heavy atom. The minimum atomic E-state index is 0.496. The number of hydrogen-bond acceptors (Lipinski definition) is 2. The van der Waals surface area contributed by atoms with E-state index in [0.29, 0.717) is 27.2 Å².